The summed E-state index contributed by atoms with van der Waals surface area (Å²) >= 11 is 0. The van der Waals surface area contributed by atoms with E-state index < -0.39 is 0 Å². The molecule has 3 heteroatoms. The monoisotopic (exact) mass is 186 g/mol. The van der Waals surface area contributed by atoms with Crippen LogP contribution in [0.25, 0.3) is 0 Å². The lowest BCUT2D eigenvalue weighted by molar-refractivity contribution is 0.213. The van der Waals surface area contributed by atoms with Gasteiger partial charge in [0.15, 0.2) is 0 Å². The molecule has 1 aromatic rings. The predicted molar refractivity (Wildman–Crippen MR) is 54.7 cm³/mol. The number of fused-ring (bicyclic) bond motifs is 1. The number of amides is 2. The molecule has 0 spiro atoms. The van der Waals surface area contributed by atoms with Crippen LogP contribution in [0.3, 0.4) is 0 Å². The zero-order valence-corrected chi connectivity index (χ0v) is 7.66. The van der Waals surface area contributed by atoms with Crippen molar-refractivity contribution in [2.45, 2.75) is 6.54 Å². The molecule has 1 aliphatic heterocycles. The number of rotatable bonds is 1. The van der Waals surface area contributed by atoms with Crippen LogP contribution in [0.4, 0.5) is 10.5 Å². The first kappa shape index (κ1) is 8.64. The SMILES string of the molecule is C#CCN1Cc2ccccc2NC1=O. The molecule has 14 heavy (non-hydrogen) atoms. The summed E-state index contributed by atoms with van der Waals surface area (Å²) in [7, 11) is 0. The van der Waals surface area contributed by atoms with E-state index in [1.54, 1.807) is 4.90 Å². The van der Waals surface area contributed by atoms with Crippen LogP contribution >= 0.6 is 0 Å². The Kier molecular flexibility index (Phi) is 2.11. The third-order valence-corrected chi connectivity index (χ3v) is 2.19. The van der Waals surface area contributed by atoms with Crippen molar-refractivity contribution < 1.29 is 4.79 Å². The number of benzene rings is 1. The summed E-state index contributed by atoms with van der Waals surface area (Å²) in [4.78, 5) is 13.1. The van der Waals surface area contributed by atoms with Crippen LogP contribution in [0, 0.1) is 12.3 Å². The molecule has 2 amide bonds. The second-order valence-corrected chi connectivity index (χ2v) is 3.15. The van der Waals surface area contributed by atoms with E-state index >= 15 is 0 Å². The van der Waals surface area contributed by atoms with Crippen LogP contribution in [0.2, 0.25) is 0 Å². The Labute approximate surface area is 82.7 Å². The second-order valence-electron chi connectivity index (χ2n) is 3.15. The largest absolute Gasteiger partial charge is 0.322 e. The zero-order valence-electron chi connectivity index (χ0n) is 7.66. The highest BCUT2D eigenvalue weighted by molar-refractivity contribution is 5.92. The number of carbonyl (C=O) groups is 1. The fourth-order valence-electron chi connectivity index (χ4n) is 1.49. The first-order valence-corrected chi connectivity index (χ1v) is 4.38. The molecule has 1 aliphatic rings. The number of nitrogens with one attached hydrogen (secondary N) is 1. The second kappa shape index (κ2) is 3.43. The van der Waals surface area contributed by atoms with Gasteiger partial charge in [0.1, 0.15) is 0 Å². The molecule has 0 atom stereocenters. The Morgan fingerprint density at radius 3 is 3.07 bits per heavy atom. The highest BCUT2D eigenvalue weighted by atomic mass is 16.2. The lowest BCUT2D eigenvalue weighted by Crippen LogP contribution is -2.38. The number of anilines is 1. The number of urea groups is 1. The zero-order chi connectivity index (χ0) is 9.97. The number of para-hydroxylation sites is 1. The lowest BCUT2D eigenvalue weighted by Gasteiger charge is -2.27. The van der Waals surface area contributed by atoms with Crippen molar-refractivity contribution in [1.29, 1.82) is 0 Å². The van der Waals surface area contributed by atoms with Crippen LogP contribution in [-0.4, -0.2) is 17.5 Å². The predicted octanol–water partition coefficient (Wildman–Crippen LogP) is 1.67. The summed E-state index contributed by atoms with van der Waals surface area (Å²) in [6, 6.07) is 7.60. The Balaban J connectivity index is 2.28. The van der Waals surface area contributed by atoms with Gasteiger partial charge in [0, 0.05) is 5.69 Å². The first-order valence-electron chi connectivity index (χ1n) is 4.38. The average Bonchev–Trinajstić information content (AvgIpc) is 2.19. The number of terminal acetylenes is 1. The molecule has 1 N–H and O–H groups in total. The van der Waals surface area contributed by atoms with Crippen molar-refractivity contribution in [3.8, 4) is 12.3 Å². The number of nitrogens with zero attached hydrogens (tertiary/aromatic N) is 1. The molecule has 2 rings (SSSR count). The van der Waals surface area contributed by atoms with Gasteiger partial charge in [-0.25, -0.2) is 4.79 Å². The summed E-state index contributed by atoms with van der Waals surface area (Å²) in [5.41, 5.74) is 1.98. The topological polar surface area (TPSA) is 32.3 Å². The molecule has 0 saturated heterocycles. The van der Waals surface area contributed by atoms with E-state index in [0.717, 1.165) is 11.3 Å². The van der Waals surface area contributed by atoms with E-state index in [4.69, 9.17) is 6.42 Å². The van der Waals surface area contributed by atoms with Gasteiger partial charge in [0.25, 0.3) is 0 Å². The maximum atomic E-state index is 11.5. The Hall–Kier alpha value is -1.95. The maximum Gasteiger partial charge on any atom is 0.322 e. The van der Waals surface area contributed by atoms with E-state index in [1.807, 2.05) is 24.3 Å². The Morgan fingerprint density at radius 1 is 1.50 bits per heavy atom. The van der Waals surface area contributed by atoms with E-state index in [-0.39, 0.29) is 6.03 Å². The number of hydrogen-bond acceptors (Lipinski definition) is 1. The highest BCUT2D eigenvalue weighted by Crippen LogP contribution is 2.21. The molecule has 1 aromatic carbocycles. The van der Waals surface area contributed by atoms with Crippen molar-refractivity contribution in [3.05, 3.63) is 29.8 Å². The Morgan fingerprint density at radius 2 is 2.29 bits per heavy atom. The summed E-state index contributed by atoms with van der Waals surface area (Å²) < 4.78 is 0. The number of carbonyl (C=O) groups excluding carboxylic acids is 1. The molecule has 0 aliphatic carbocycles. The van der Waals surface area contributed by atoms with Gasteiger partial charge < -0.3 is 10.2 Å². The van der Waals surface area contributed by atoms with Gasteiger partial charge in [-0.3, -0.25) is 0 Å². The van der Waals surface area contributed by atoms with Crippen molar-refractivity contribution >= 4 is 11.7 Å². The van der Waals surface area contributed by atoms with Crippen LogP contribution in [-0.2, 0) is 6.54 Å². The quantitative estimate of drug-likeness (QED) is 0.665. The van der Waals surface area contributed by atoms with Gasteiger partial charge in [-0.15, -0.1) is 6.42 Å². The molecular formula is C11H10N2O. The molecule has 1 heterocycles. The minimum atomic E-state index is -0.123. The fraction of sp³-hybridized carbons (Fsp3) is 0.182. The van der Waals surface area contributed by atoms with E-state index in [0.29, 0.717) is 13.1 Å². The minimum Gasteiger partial charge on any atom is -0.309 e. The van der Waals surface area contributed by atoms with E-state index in [2.05, 4.69) is 11.2 Å². The summed E-state index contributed by atoms with van der Waals surface area (Å²) in [5, 5.41) is 2.79. The standard InChI is InChI=1S/C11H10N2O/c1-2-7-13-8-9-5-3-4-6-10(9)12-11(13)14/h1,3-6H,7-8H2,(H,12,14). The molecule has 0 radical (unpaired) electrons. The van der Waals surface area contributed by atoms with Gasteiger partial charge in [0.2, 0.25) is 0 Å². The van der Waals surface area contributed by atoms with Crippen molar-refractivity contribution in [2.75, 3.05) is 11.9 Å². The minimum absolute atomic E-state index is 0.123. The number of hydrogen-bond donors (Lipinski definition) is 1. The molecule has 0 aromatic heterocycles. The maximum absolute atomic E-state index is 11.5. The first-order chi connectivity index (χ1) is 6.81. The molecule has 3 nitrogen and oxygen atoms in total. The van der Waals surface area contributed by atoms with Crippen molar-refractivity contribution in [2.24, 2.45) is 0 Å². The fourth-order valence-corrected chi connectivity index (χ4v) is 1.49. The molecule has 0 bridgehead atoms. The van der Waals surface area contributed by atoms with Crippen LogP contribution in [0.15, 0.2) is 24.3 Å². The third kappa shape index (κ3) is 1.42. The van der Waals surface area contributed by atoms with Crippen LogP contribution < -0.4 is 5.32 Å². The summed E-state index contributed by atoms with van der Waals surface area (Å²) in [6.07, 6.45) is 5.17. The third-order valence-electron chi connectivity index (χ3n) is 2.19. The van der Waals surface area contributed by atoms with Gasteiger partial charge in [-0.2, -0.15) is 0 Å². The highest BCUT2D eigenvalue weighted by Gasteiger charge is 2.20. The summed E-state index contributed by atoms with van der Waals surface area (Å²) in [6.45, 7) is 0.937. The normalized spacial score (nSPS) is 14.2. The molecule has 0 saturated carbocycles. The molecule has 0 fully saturated rings. The van der Waals surface area contributed by atoms with E-state index in [1.165, 1.54) is 0 Å². The van der Waals surface area contributed by atoms with Gasteiger partial charge in [-0.1, -0.05) is 24.1 Å². The van der Waals surface area contributed by atoms with Crippen molar-refractivity contribution in [1.82, 2.24) is 4.90 Å². The molecule has 70 valence electrons. The van der Waals surface area contributed by atoms with Gasteiger partial charge >= 0.3 is 6.03 Å². The van der Waals surface area contributed by atoms with Crippen LogP contribution in [0.5, 0.6) is 0 Å². The summed E-state index contributed by atoms with van der Waals surface area (Å²) in [5.74, 6) is 2.46. The molecule has 0 unspecified atom stereocenters. The smallest absolute Gasteiger partial charge is 0.309 e. The Bertz CT molecular complexity index is 406. The van der Waals surface area contributed by atoms with Crippen molar-refractivity contribution in [3.63, 3.8) is 0 Å². The van der Waals surface area contributed by atoms with Gasteiger partial charge in [-0.05, 0) is 11.6 Å². The van der Waals surface area contributed by atoms with E-state index in [9.17, 15) is 4.79 Å². The van der Waals surface area contributed by atoms with Gasteiger partial charge in [0.05, 0.1) is 13.1 Å². The average molecular weight is 186 g/mol. The van der Waals surface area contributed by atoms with Crippen LogP contribution in [0.1, 0.15) is 5.56 Å². The molecular weight excluding hydrogens is 176 g/mol. The lowest BCUT2D eigenvalue weighted by atomic mass is 10.1.